The molecule has 0 aromatic carbocycles. The smallest absolute Gasteiger partial charge is 0.103 e. The van der Waals surface area contributed by atoms with Crippen LogP contribution in [0.4, 0.5) is 0 Å². The van der Waals surface area contributed by atoms with Gasteiger partial charge >= 0.3 is 0 Å². The highest BCUT2D eigenvalue weighted by molar-refractivity contribution is 5.12. The summed E-state index contributed by atoms with van der Waals surface area (Å²) in [5.74, 6) is 0. The van der Waals surface area contributed by atoms with Crippen molar-refractivity contribution in [3.05, 3.63) is 24.0 Å². The summed E-state index contributed by atoms with van der Waals surface area (Å²) in [5, 5.41) is 17.6. The molecule has 0 aliphatic heterocycles. The molecule has 0 saturated carbocycles. The molecular weight excluding hydrogens is 130 g/mol. The average Bonchev–Trinajstić information content (AvgIpc) is 2.34. The highest BCUT2D eigenvalue weighted by atomic mass is 16.3. The molecule has 2 N–H and O–H groups in total. The van der Waals surface area contributed by atoms with Gasteiger partial charge in [-0.3, -0.25) is 0 Å². The van der Waals surface area contributed by atoms with E-state index in [1.165, 1.54) is 0 Å². The van der Waals surface area contributed by atoms with Crippen molar-refractivity contribution in [1.29, 1.82) is 0 Å². The average molecular weight is 141 g/mol. The van der Waals surface area contributed by atoms with Gasteiger partial charge in [0.15, 0.2) is 0 Å². The topological polar surface area (TPSA) is 45.4 Å². The second-order valence-electron chi connectivity index (χ2n) is 2.31. The van der Waals surface area contributed by atoms with Crippen molar-refractivity contribution < 1.29 is 10.2 Å². The Morgan fingerprint density at radius 1 is 1.70 bits per heavy atom. The Morgan fingerprint density at radius 2 is 2.40 bits per heavy atom. The summed E-state index contributed by atoms with van der Waals surface area (Å²) in [6.07, 6.45) is 2.87. The Hall–Kier alpha value is -0.800. The predicted molar refractivity (Wildman–Crippen MR) is 37.5 cm³/mol. The molecule has 10 heavy (non-hydrogen) atoms. The number of rotatable bonds is 2. The number of aromatic nitrogens is 1. The Bertz CT molecular complexity index is 207. The Balaban J connectivity index is 2.74. The van der Waals surface area contributed by atoms with Gasteiger partial charge in [0.1, 0.15) is 6.10 Å². The van der Waals surface area contributed by atoms with Crippen molar-refractivity contribution in [3.8, 4) is 0 Å². The lowest BCUT2D eigenvalue weighted by Crippen LogP contribution is -2.00. The Kier molecular flexibility index (Phi) is 2.09. The van der Waals surface area contributed by atoms with Gasteiger partial charge in [-0.25, -0.2) is 0 Å². The standard InChI is InChI=1S/C7H11NO2/c1-8-3-2-6(4-8)7(10)5-9/h2-4,7,9-10H,5H2,1H3. The second-order valence-corrected chi connectivity index (χ2v) is 2.31. The van der Waals surface area contributed by atoms with E-state index in [1.54, 1.807) is 12.3 Å². The van der Waals surface area contributed by atoms with Crippen molar-refractivity contribution in [1.82, 2.24) is 4.57 Å². The summed E-state index contributed by atoms with van der Waals surface area (Å²) in [5.41, 5.74) is 0.755. The number of aliphatic hydroxyl groups is 2. The number of aryl methyl sites for hydroxylation is 1. The highest BCUT2D eigenvalue weighted by Crippen LogP contribution is 2.10. The number of nitrogens with zero attached hydrogens (tertiary/aromatic N) is 1. The van der Waals surface area contributed by atoms with Gasteiger partial charge < -0.3 is 14.8 Å². The molecule has 0 radical (unpaired) electrons. The van der Waals surface area contributed by atoms with E-state index in [0.29, 0.717) is 0 Å². The van der Waals surface area contributed by atoms with Crippen LogP contribution in [0.1, 0.15) is 11.7 Å². The van der Waals surface area contributed by atoms with Crippen molar-refractivity contribution in [3.63, 3.8) is 0 Å². The maximum absolute atomic E-state index is 9.08. The Morgan fingerprint density at radius 3 is 2.80 bits per heavy atom. The van der Waals surface area contributed by atoms with E-state index in [-0.39, 0.29) is 6.61 Å². The molecule has 1 rings (SSSR count). The van der Waals surface area contributed by atoms with E-state index in [2.05, 4.69) is 0 Å². The van der Waals surface area contributed by atoms with Crippen LogP contribution in [-0.4, -0.2) is 21.4 Å². The molecule has 1 aromatic rings. The summed E-state index contributed by atoms with van der Waals surface area (Å²) in [6, 6.07) is 1.78. The van der Waals surface area contributed by atoms with Crippen molar-refractivity contribution in [2.24, 2.45) is 7.05 Å². The minimum atomic E-state index is -0.735. The molecule has 1 unspecified atom stereocenters. The molecule has 0 spiro atoms. The van der Waals surface area contributed by atoms with E-state index in [0.717, 1.165) is 5.56 Å². The summed E-state index contributed by atoms with van der Waals surface area (Å²) in [4.78, 5) is 0. The fraction of sp³-hybridized carbons (Fsp3) is 0.429. The zero-order valence-corrected chi connectivity index (χ0v) is 5.86. The van der Waals surface area contributed by atoms with Crippen LogP contribution in [0.3, 0.4) is 0 Å². The first-order chi connectivity index (χ1) is 4.74. The molecule has 0 aliphatic carbocycles. The predicted octanol–water partition coefficient (Wildman–Crippen LogP) is 0.0508. The van der Waals surface area contributed by atoms with Crippen molar-refractivity contribution in [2.45, 2.75) is 6.10 Å². The number of aliphatic hydroxyl groups excluding tert-OH is 2. The summed E-state index contributed by atoms with van der Waals surface area (Å²) in [7, 11) is 1.87. The van der Waals surface area contributed by atoms with Gasteiger partial charge in [-0.05, 0) is 6.07 Å². The SMILES string of the molecule is Cn1ccc(C(O)CO)c1. The lowest BCUT2D eigenvalue weighted by molar-refractivity contribution is 0.0956. The van der Waals surface area contributed by atoms with Gasteiger partial charge in [-0.15, -0.1) is 0 Å². The van der Waals surface area contributed by atoms with Crippen molar-refractivity contribution >= 4 is 0 Å². The van der Waals surface area contributed by atoms with E-state index in [1.807, 2.05) is 17.8 Å². The molecule has 3 heteroatoms. The van der Waals surface area contributed by atoms with E-state index in [4.69, 9.17) is 10.2 Å². The van der Waals surface area contributed by atoms with Crippen LogP contribution in [0.15, 0.2) is 18.5 Å². The van der Waals surface area contributed by atoms with Gasteiger partial charge in [0, 0.05) is 25.0 Å². The third-order valence-corrected chi connectivity index (χ3v) is 1.41. The molecule has 0 bridgehead atoms. The summed E-state index contributed by atoms with van der Waals surface area (Å²) >= 11 is 0. The fourth-order valence-electron chi connectivity index (χ4n) is 0.827. The third-order valence-electron chi connectivity index (χ3n) is 1.41. The molecule has 56 valence electrons. The van der Waals surface area contributed by atoms with E-state index >= 15 is 0 Å². The maximum Gasteiger partial charge on any atom is 0.103 e. The highest BCUT2D eigenvalue weighted by Gasteiger charge is 2.04. The maximum atomic E-state index is 9.08. The monoisotopic (exact) mass is 141 g/mol. The molecule has 1 atom stereocenters. The van der Waals surface area contributed by atoms with E-state index in [9.17, 15) is 0 Å². The van der Waals surface area contributed by atoms with Crippen LogP contribution in [0.5, 0.6) is 0 Å². The lowest BCUT2D eigenvalue weighted by atomic mass is 10.2. The molecular formula is C7H11NO2. The summed E-state index contributed by atoms with van der Waals surface area (Å²) in [6.45, 7) is -0.218. The quantitative estimate of drug-likeness (QED) is 0.611. The lowest BCUT2D eigenvalue weighted by Gasteiger charge is -2.01. The minimum absolute atomic E-state index is 0.218. The van der Waals surface area contributed by atoms with Crippen molar-refractivity contribution in [2.75, 3.05) is 6.61 Å². The summed E-state index contributed by atoms with van der Waals surface area (Å²) < 4.78 is 1.83. The zero-order valence-electron chi connectivity index (χ0n) is 5.86. The molecule has 0 amide bonds. The van der Waals surface area contributed by atoms with Gasteiger partial charge in [0.05, 0.1) is 6.61 Å². The van der Waals surface area contributed by atoms with Crippen LogP contribution in [-0.2, 0) is 7.05 Å². The largest absolute Gasteiger partial charge is 0.393 e. The first kappa shape index (κ1) is 7.31. The van der Waals surface area contributed by atoms with Gasteiger partial charge in [-0.1, -0.05) is 0 Å². The first-order valence-corrected chi connectivity index (χ1v) is 3.15. The number of hydrogen-bond donors (Lipinski definition) is 2. The molecule has 3 nitrogen and oxygen atoms in total. The van der Waals surface area contributed by atoms with Gasteiger partial charge in [0.25, 0.3) is 0 Å². The molecule has 0 aliphatic rings. The van der Waals surface area contributed by atoms with Crippen LogP contribution in [0.2, 0.25) is 0 Å². The van der Waals surface area contributed by atoms with Crippen LogP contribution < -0.4 is 0 Å². The third kappa shape index (κ3) is 1.37. The zero-order chi connectivity index (χ0) is 7.56. The normalized spacial score (nSPS) is 13.5. The number of hydrogen-bond acceptors (Lipinski definition) is 2. The van der Waals surface area contributed by atoms with Crippen LogP contribution >= 0.6 is 0 Å². The second kappa shape index (κ2) is 2.86. The van der Waals surface area contributed by atoms with Crippen LogP contribution in [0, 0.1) is 0 Å². The van der Waals surface area contributed by atoms with Gasteiger partial charge in [-0.2, -0.15) is 0 Å². The van der Waals surface area contributed by atoms with E-state index < -0.39 is 6.10 Å². The first-order valence-electron chi connectivity index (χ1n) is 3.15. The molecule has 1 heterocycles. The van der Waals surface area contributed by atoms with Crippen LogP contribution in [0.25, 0.3) is 0 Å². The molecule has 0 fully saturated rings. The minimum Gasteiger partial charge on any atom is -0.393 e. The molecule has 1 aromatic heterocycles. The van der Waals surface area contributed by atoms with Gasteiger partial charge in [0.2, 0.25) is 0 Å². The molecule has 0 saturated heterocycles. The fourth-order valence-corrected chi connectivity index (χ4v) is 0.827. The Labute approximate surface area is 59.5 Å².